The number of rotatable bonds is 11. The van der Waals surface area contributed by atoms with Gasteiger partial charge in [0.15, 0.2) is 0 Å². The van der Waals surface area contributed by atoms with E-state index >= 15 is 0 Å². The van der Waals surface area contributed by atoms with Gasteiger partial charge < -0.3 is 24.5 Å². The highest BCUT2D eigenvalue weighted by molar-refractivity contribution is 6.02. The molecule has 0 aliphatic carbocycles. The molecule has 0 spiro atoms. The molecule has 0 fully saturated rings. The van der Waals surface area contributed by atoms with Gasteiger partial charge in [0.2, 0.25) is 0 Å². The van der Waals surface area contributed by atoms with Crippen molar-refractivity contribution in [2.45, 2.75) is 19.3 Å². The van der Waals surface area contributed by atoms with Crippen LogP contribution in [0.25, 0.3) is 22.3 Å². The van der Waals surface area contributed by atoms with Gasteiger partial charge in [0.05, 0.1) is 26.3 Å². The minimum absolute atomic E-state index is 0. The zero-order valence-electron chi connectivity index (χ0n) is 22.2. The van der Waals surface area contributed by atoms with Crippen molar-refractivity contribution in [1.29, 1.82) is 0 Å². The zero-order valence-corrected chi connectivity index (χ0v) is 23.9. The summed E-state index contributed by atoms with van der Waals surface area (Å²) in [7, 11) is 0. The van der Waals surface area contributed by atoms with Crippen molar-refractivity contribution in [3.63, 3.8) is 0 Å². The number of fused-ring (bicyclic) bond motifs is 1. The fourth-order valence-corrected chi connectivity index (χ4v) is 4.70. The predicted molar refractivity (Wildman–Crippen MR) is 166 cm³/mol. The highest BCUT2D eigenvalue weighted by atomic mass is 35.5. The van der Waals surface area contributed by atoms with E-state index in [1.54, 1.807) is 0 Å². The van der Waals surface area contributed by atoms with Crippen LogP contribution in [-0.4, -0.2) is 51.1 Å². The molecule has 0 bridgehead atoms. The van der Waals surface area contributed by atoms with Gasteiger partial charge in [-0.2, -0.15) is 0 Å². The molecule has 3 heterocycles. The Morgan fingerprint density at radius 1 is 0.625 bits per heavy atom. The number of benzene rings is 3. The highest BCUT2D eigenvalue weighted by Gasteiger charge is 2.12. The molecule has 0 radical (unpaired) electrons. The number of hydrogen-bond donors (Lipinski definition) is 2. The third-order valence-corrected chi connectivity index (χ3v) is 6.73. The second-order valence-corrected chi connectivity index (χ2v) is 9.48. The maximum atomic E-state index is 6.09. The van der Waals surface area contributed by atoms with Gasteiger partial charge in [-0.3, -0.25) is 9.98 Å². The molecule has 0 saturated heterocycles. The van der Waals surface area contributed by atoms with E-state index in [-0.39, 0.29) is 24.8 Å². The third kappa shape index (κ3) is 7.09. The number of halogens is 2. The molecule has 9 heteroatoms. The maximum absolute atomic E-state index is 6.09. The molecule has 7 nitrogen and oxygen atoms in total. The van der Waals surface area contributed by atoms with E-state index in [4.69, 9.17) is 13.9 Å². The van der Waals surface area contributed by atoms with Gasteiger partial charge in [0.1, 0.15) is 34.5 Å². The summed E-state index contributed by atoms with van der Waals surface area (Å²) >= 11 is 0. The Morgan fingerprint density at radius 2 is 1.18 bits per heavy atom. The first-order valence-corrected chi connectivity index (χ1v) is 13.4. The lowest BCUT2D eigenvalue weighted by Crippen LogP contribution is -2.19. The number of amidine groups is 2. The fraction of sp³-hybridized carbons (Fsp3) is 0.290. The van der Waals surface area contributed by atoms with E-state index in [0.717, 1.165) is 102 Å². The topological polar surface area (TPSA) is 80.4 Å². The fourth-order valence-electron chi connectivity index (χ4n) is 4.70. The van der Waals surface area contributed by atoms with Crippen molar-refractivity contribution in [2.75, 3.05) is 39.4 Å². The van der Waals surface area contributed by atoms with Gasteiger partial charge in [0, 0.05) is 35.2 Å². The first-order chi connectivity index (χ1) is 18.8. The Labute approximate surface area is 246 Å². The van der Waals surface area contributed by atoms with Crippen LogP contribution in [0.1, 0.15) is 30.4 Å². The quantitative estimate of drug-likeness (QED) is 0.204. The Hall–Kier alpha value is -3.68. The van der Waals surface area contributed by atoms with Crippen LogP contribution in [0.3, 0.4) is 0 Å². The first kappa shape index (κ1) is 29.3. The zero-order chi connectivity index (χ0) is 25.6. The van der Waals surface area contributed by atoms with Crippen molar-refractivity contribution in [1.82, 2.24) is 10.6 Å². The standard InChI is InChI=1S/C31H32N4O3.2ClH/c1(3-19-37-27-11-6-23(7-12-27)30-32-14-15-33-30)2-18-36-26-9-4-22(5-10-26)29-21-25-20-24(8-13-28(25)38-29)31-34-16-17-35-31;;/h4-13,20-21H,1-3,14-19H2,(H,32,33)(H,34,35);2*1H. The lowest BCUT2D eigenvalue weighted by molar-refractivity contribution is 0.279. The van der Waals surface area contributed by atoms with Crippen LogP contribution in [0, 0.1) is 0 Å². The molecule has 0 unspecified atom stereocenters. The predicted octanol–water partition coefficient (Wildman–Crippen LogP) is 6.27. The number of unbranched alkanes of at least 4 members (excludes halogenated alkanes) is 2. The minimum Gasteiger partial charge on any atom is -0.494 e. The van der Waals surface area contributed by atoms with Crippen molar-refractivity contribution in [3.8, 4) is 22.8 Å². The van der Waals surface area contributed by atoms with Crippen LogP contribution < -0.4 is 20.1 Å². The monoisotopic (exact) mass is 580 g/mol. The molecule has 40 heavy (non-hydrogen) atoms. The molecule has 0 amide bonds. The minimum atomic E-state index is 0. The second kappa shape index (κ2) is 14.1. The van der Waals surface area contributed by atoms with E-state index in [1.807, 2.05) is 42.5 Å². The van der Waals surface area contributed by atoms with Crippen molar-refractivity contribution in [2.24, 2.45) is 9.98 Å². The summed E-state index contributed by atoms with van der Waals surface area (Å²) in [6.07, 6.45) is 3.04. The normalized spacial score (nSPS) is 13.9. The van der Waals surface area contributed by atoms with Gasteiger partial charge in [-0.05, 0) is 92.1 Å². The Bertz CT molecular complexity index is 1450. The third-order valence-electron chi connectivity index (χ3n) is 6.73. The lowest BCUT2D eigenvalue weighted by Gasteiger charge is -2.09. The molecule has 210 valence electrons. The second-order valence-electron chi connectivity index (χ2n) is 9.48. The molecule has 0 atom stereocenters. The molecular formula is C31H34Cl2N4O3. The average molecular weight is 582 g/mol. The summed E-state index contributed by atoms with van der Waals surface area (Å²) in [5.74, 6) is 4.55. The summed E-state index contributed by atoms with van der Waals surface area (Å²) in [5, 5.41) is 7.69. The Morgan fingerprint density at radius 3 is 1.75 bits per heavy atom. The number of nitrogens with zero attached hydrogens (tertiary/aromatic N) is 2. The number of nitrogens with one attached hydrogen (secondary N) is 2. The Balaban J connectivity index is 0.00000185. The molecule has 1 aromatic heterocycles. The first-order valence-electron chi connectivity index (χ1n) is 13.4. The number of aliphatic imine (C=N–C) groups is 2. The smallest absolute Gasteiger partial charge is 0.135 e. The van der Waals surface area contributed by atoms with Crippen LogP contribution in [0.5, 0.6) is 11.5 Å². The van der Waals surface area contributed by atoms with Crippen LogP contribution in [0.4, 0.5) is 0 Å². The maximum Gasteiger partial charge on any atom is 0.135 e. The summed E-state index contributed by atoms with van der Waals surface area (Å²) in [5.41, 5.74) is 4.11. The number of ether oxygens (including phenoxy) is 2. The summed E-state index contributed by atoms with van der Waals surface area (Å²) in [4.78, 5) is 8.95. The van der Waals surface area contributed by atoms with Crippen molar-refractivity contribution in [3.05, 3.63) is 83.9 Å². The summed E-state index contributed by atoms with van der Waals surface area (Å²) in [6, 6.07) is 24.5. The van der Waals surface area contributed by atoms with Crippen LogP contribution in [-0.2, 0) is 0 Å². The van der Waals surface area contributed by atoms with E-state index in [0.29, 0.717) is 13.2 Å². The molecular weight excluding hydrogens is 547 g/mol. The SMILES string of the molecule is Cl.Cl.c1cc(C2=NCCN2)ccc1OCCCCCOc1ccc(-c2cc3cc(C4=NCCN4)ccc3o2)cc1. The lowest BCUT2D eigenvalue weighted by atomic mass is 10.1. The van der Waals surface area contributed by atoms with Gasteiger partial charge in [0.25, 0.3) is 0 Å². The molecule has 6 rings (SSSR count). The molecule has 4 aromatic rings. The van der Waals surface area contributed by atoms with Crippen LogP contribution in [0.2, 0.25) is 0 Å². The molecule has 3 aromatic carbocycles. The highest BCUT2D eigenvalue weighted by Crippen LogP contribution is 2.30. The van der Waals surface area contributed by atoms with Gasteiger partial charge in [-0.1, -0.05) is 0 Å². The number of hydrogen-bond acceptors (Lipinski definition) is 7. The van der Waals surface area contributed by atoms with E-state index < -0.39 is 0 Å². The largest absolute Gasteiger partial charge is 0.494 e. The summed E-state index contributed by atoms with van der Waals surface area (Å²) < 4.78 is 17.9. The Kier molecular flexibility index (Phi) is 10.3. The molecule has 2 N–H and O–H groups in total. The van der Waals surface area contributed by atoms with E-state index in [9.17, 15) is 0 Å². The van der Waals surface area contributed by atoms with E-state index in [2.05, 4.69) is 51.0 Å². The number of furan rings is 1. The molecule has 0 saturated carbocycles. The molecule has 2 aliphatic heterocycles. The van der Waals surface area contributed by atoms with Gasteiger partial charge in [-0.15, -0.1) is 24.8 Å². The average Bonchev–Trinajstić information content (AvgIpc) is 3.75. The molecule has 2 aliphatic rings. The summed E-state index contributed by atoms with van der Waals surface area (Å²) in [6.45, 7) is 4.89. The van der Waals surface area contributed by atoms with Crippen molar-refractivity contribution >= 4 is 47.5 Å². The van der Waals surface area contributed by atoms with Crippen molar-refractivity contribution < 1.29 is 13.9 Å². The van der Waals surface area contributed by atoms with Gasteiger partial charge >= 0.3 is 0 Å². The van der Waals surface area contributed by atoms with Crippen LogP contribution >= 0.6 is 24.8 Å². The van der Waals surface area contributed by atoms with E-state index in [1.165, 1.54) is 0 Å². The van der Waals surface area contributed by atoms with Crippen LogP contribution in [0.15, 0.2) is 87.2 Å². The van der Waals surface area contributed by atoms with Gasteiger partial charge in [-0.25, -0.2) is 0 Å².